The predicted octanol–water partition coefficient (Wildman–Crippen LogP) is 3.71. The van der Waals surface area contributed by atoms with Gasteiger partial charge in [-0.3, -0.25) is 5.32 Å². The molecule has 4 heterocycles. The smallest absolute Gasteiger partial charge is 0.413 e. The lowest BCUT2D eigenvalue weighted by Gasteiger charge is -2.22. The van der Waals surface area contributed by atoms with Crippen molar-refractivity contribution in [3.63, 3.8) is 0 Å². The maximum Gasteiger partial charge on any atom is 0.413 e. The summed E-state index contributed by atoms with van der Waals surface area (Å²) < 4.78 is 31.6. The first-order chi connectivity index (χ1) is 15.9. The lowest BCUT2D eigenvalue weighted by Crippen LogP contribution is -2.27. The van der Waals surface area contributed by atoms with Crippen molar-refractivity contribution in [2.75, 3.05) is 42.7 Å². The number of carbonyl (C=O) groups excluding carboxylic acids is 1. The number of ether oxygens (including phenoxy) is 3. The van der Waals surface area contributed by atoms with Crippen LogP contribution < -0.4 is 21.1 Å². The molecule has 1 unspecified atom stereocenters. The van der Waals surface area contributed by atoms with Gasteiger partial charge in [0.05, 0.1) is 18.9 Å². The molecule has 0 saturated carbocycles. The van der Waals surface area contributed by atoms with E-state index >= 15 is 4.39 Å². The number of aromatic nitrogens is 2. The second-order valence-corrected chi connectivity index (χ2v) is 8.28. The molecule has 0 radical (unpaired) electrons. The molecule has 4 N–H and O–H groups in total. The maximum absolute atomic E-state index is 15.3. The van der Waals surface area contributed by atoms with Crippen LogP contribution in [0.15, 0.2) is 24.5 Å². The van der Waals surface area contributed by atoms with Gasteiger partial charge in [-0.2, -0.15) is 0 Å². The largest absolute Gasteiger partial charge is 0.474 e. The van der Waals surface area contributed by atoms with Gasteiger partial charge >= 0.3 is 6.09 Å². The van der Waals surface area contributed by atoms with Crippen LogP contribution in [0.25, 0.3) is 21.9 Å². The van der Waals surface area contributed by atoms with Crippen LogP contribution in [-0.4, -0.2) is 48.5 Å². The Morgan fingerprint density at radius 3 is 2.91 bits per heavy atom. The van der Waals surface area contributed by atoms with Crippen molar-refractivity contribution in [1.29, 1.82) is 0 Å². The van der Waals surface area contributed by atoms with Crippen LogP contribution in [0, 0.1) is 18.7 Å². The highest BCUT2D eigenvalue weighted by Gasteiger charge is 2.28. The van der Waals surface area contributed by atoms with E-state index in [2.05, 4.69) is 20.6 Å². The summed E-state index contributed by atoms with van der Waals surface area (Å²) in [6.45, 7) is 5.92. The molecule has 9 nitrogen and oxygen atoms in total. The quantitative estimate of drug-likeness (QED) is 0.513. The molecule has 172 valence electrons. The van der Waals surface area contributed by atoms with Gasteiger partial charge in [0.2, 0.25) is 5.88 Å². The van der Waals surface area contributed by atoms with E-state index in [4.69, 9.17) is 19.9 Å². The number of nitrogen functional groups attached to an aromatic ring is 1. The molecule has 10 heteroatoms. The molecule has 3 aromatic rings. The van der Waals surface area contributed by atoms with E-state index < -0.39 is 11.9 Å². The third-order valence-corrected chi connectivity index (χ3v) is 6.02. The van der Waals surface area contributed by atoms with Crippen LogP contribution in [-0.2, 0) is 9.47 Å². The number of fused-ring (bicyclic) bond motifs is 2. The number of nitrogens with zero attached hydrogens (tertiary/aromatic N) is 2. The number of pyridine rings is 2. The summed E-state index contributed by atoms with van der Waals surface area (Å²) in [6, 6.07) is 3.30. The SMILES string of the molecule is Cc1c(-c2cc3cc(NC(=O)OC4COC[C@@H]4C)ncc3c(N)c2F)cnc2c1NCCO2. The topological polar surface area (TPSA) is 121 Å². The average molecular weight is 453 g/mol. The molecule has 0 bridgehead atoms. The van der Waals surface area contributed by atoms with Crippen molar-refractivity contribution < 1.29 is 23.4 Å². The molecule has 0 spiro atoms. The van der Waals surface area contributed by atoms with Gasteiger partial charge in [0, 0.05) is 41.4 Å². The second kappa shape index (κ2) is 8.36. The van der Waals surface area contributed by atoms with Crippen molar-refractivity contribution in [3.05, 3.63) is 35.9 Å². The number of hydrogen-bond donors (Lipinski definition) is 3. The minimum atomic E-state index is -0.625. The fourth-order valence-electron chi connectivity index (χ4n) is 4.12. The Morgan fingerprint density at radius 1 is 1.27 bits per heavy atom. The highest BCUT2D eigenvalue weighted by Crippen LogP contribution is 2.39. The molecule has 1 saturated heterocycles. The fourth-order valence-corrected chi connectivity index (χ4v) is 4.12. The van der Waals surface area contributed by atoms with E-state index in [1.807, 2.05) is 13.8 Å². The van der Waals surface area contributed by atoms with Crippen LogP contribution in [0.3, 0.4) is 0 Å². The molecule has 2 aromatic heterocycles. The summed E-state index contributed by atoms with van der Waals surface area (Å²) in [4.78, 5) is 20.8. The Bertz CT molecular complexity index is 1250. The second-order valence-electron chi connectivity index (χ2n) is 8.28. The molecule has 2 aliphatic rings. The molecule has 0 aliphatic carbocycles. The standard InChI is InChI=1S/C23H24FN5O4/c1-11-9-31-10-17(11)33-23(30)29-18-6-13-5-14(19(24)20(25)16(13)8-27-18)15-7-28-22-21(12(15)2)26-3-4-32-22/h5-8,11,17,26H,3-4,9-10,25H2,1-2H3,(H,27,29,30)/t11-,17?/m0/s1. The molecule has 2 aliphatic heterocycles. The zero-order valence-electron chi connectivity index (χ0n) is 18.3. The Morgan fingerprint density at radius 2 is 2.12 bits per heavy atom. The van der Waals surface area contributed by atoms with Crippen LogP contribution >= 0.6 is 0 Å². The van der Waals surface area contributed by atoms with Gasteiger partial charge < -0.3 is 25.3 Å². The molecule has 1 aromatic carbocycles. The Kier molecular flexibility index (Phi) is 5.37. The summed E-state index contributed by atoms with van der Waals surface area (Å²) in [5.41, 5.74) is 8.54. The summed E-state index contributed by atoms with van der Waals surface area (Å²) in [6.07, 6.45) is 2.08. The van der Waals surface area contributed by atoms with E-state index in [-0.39, 0.29) is 23.5 Å². The number of amides is 1. The van der Waals surface area contributed by atoms with Gasteiger partial charge in [-0.25, -0.2) is 19.2 Å². The monoisotopic (exact) mass is 453 g/mol. The first kappa shape index (κ1) is 21.2. The van der Waals surface area contributed by atoms with Gasteiger partial charge in [-0.05, 0) is 30.0 Å². The minimum Gasteiger partial charge on any atom is -0.474 e. The van der Waals surface area contributed by atoms with E-state index in [0.717, 1.165) is 11.3 Å². The van der Waals surface area contributed by atoms with Gasteiger partial charge in [-0.15, -0.1) is 0 Å². The number of nitrogens with two attached hydrogens (primary N) is 1. The third-order valence-electron chi connectivity index (χ3n) is 6.02. The first-order valence-electron chi connectivity index (χ1n) is 10.7. The number of rotatable bonds is 3. The number of carbonyl (C=O) groups is 1. The van der Waals surface area contributed by atoms with Crippen LogP contribution in [0.5, 0.6) is 5.88 Å². The number of halogens is 1. The van der Waals surface area contributed by atoms with Crippen LogP contribution in [0.4, 0.5) is 26.4 Å². The van der Waals surface area contributed by atoms with Crippen molar-refractivity contribution in [3.8, 4) is 17.0 Å². The number of benzene rings is 1. The van der Waals surface area contributed by atoms with Crippen molar-refractivity contribution in [1.82, 2.24) is 9.97 Å². The molecule has 33 heavy (non-hydrogen) atoms. The fraction of sp³-hybridized carbons (Fsp3) is 0.348. The zero-order valence-corrected chi connectivity index (χ0v) is 18.3. The summed E-state index contributed by atoms with van der Waals surface area (Å²) in [5.74, 6) is 0.333. The molecule has 1 amide bonds. The van der Waals surface area contributed by atoms with Crippen molar-refractivity contribution in [2.24, 2.45) is 5.92 Å². The van der Waals surface area contributed by atoms with Crippen LogP contribution in [0.1, 0.15) is 12.5 Å². The number of anilines is 3. The highest BCUT2D eigenvalue weighted by atomic mass is 19.1. The number of hydrogen-bond acceptors (Lipinski definition) is 8. The lowest BCUT2D eigenvalue weighted by molar-refractivity contribution is 0.0843. The van der Waals surface area contributed by atoms with E-state index in [9.17, 15) is 4.79 Å². The normalized spacial score (nSPS) is 19.5. The Balaban J connectivity index is 1.48. The van der Waals surface area contributed by atoms with E-state index in [1.54, 1.807) is 18.3 Å². The highest BCUT2D eigenvalue weighted by molar-refractivity contribution is 5.99. The first-order valence-corrected chi connectivity index (χ1v) is 10.7. The van der Waals surface area contributed by atoms with E-state index in [1.165, 1.54) is 6.20 Å². The lowest BCUT2D eigenvalue weighted by atomic mass is 9.97. The average Bonchev–Trinajstić information content (AvgIpc) is 3.21. The predicted molar refractivity (Wildman–Crippen MR) is 122 cm³/mol. The zero-order chi connectivity index (χ0) is 23.1. The van der Waals surface area contributed by atoms with Gasteiger partial charge in [0.15, 0.2) is 5.82 Å². The number of nitrogens with one attached hydrogen (secondary N) is 2. The summed E-state index contributed by atoms with van der Waals surface area (Å²) in [5, 5.41) is 6.94. The Labute approximate surface area is 189 Å². The van der Waals surface area contributed by atoms with Gasteiger partial charge in [0.25, 0.3) is 0 Å². The molecule has 1 fully saturated rings. The van der Waals surface area contributed by atoms with E-state index in [0.29, 0.717) is 54.1 Å². The molecule has 2 atom stereocenters. The van der Waals surface area contributed by atoms with Crippen molar-refractivity contribution in [2.45, 2.75) is 20.0 Å². The third kappa shape index (κ3) is 3.86. The summed E-state index contributed by atoms with van der Waals surface area (Å²) >= 11 is 0. The minimum absolute atomic E-state index is 0.0256. The van der Waals surface area contributed by atoms with Gasteiger partial charge in [0.1, 0.15) is 24.2 Å². The molecular weight excluding hydrogens is 429 g/mol. The van der Waals surface area contributed by atoms with Crippen LogP contribution in [0.2, 0.25) is 0 Å². The van der Waals surface area contributed by atoms with Gasteiger partial charge in [-0.1, -0.05) is 6.92 Å². The van der Waals surface area contributed by atoms with Crippen molar-refractivity contribution >= 4 is 34.1 Å². The summed E-state index contributed by atoms with van der Waals surface area (Å²) in [7, 11) is 0. The molecular formula is C23H24FN5O4. The maximum atomic E-state index is 15.3. The Hall–Kier alpha value is -3.66. The molecule has 5 rings (SSSR count).